The van der Waals surface area contributed by atoms with Gasteiger partial charge >= 0.3 is 0 Å². The molecule has 1 aliphatic carbocycles. The van der Waals surface area contributed by atoms with Crippen LogP contribution >= 0.6 is 0 Å². The number of fused-ring (bicyclic) bond motifs is 5. The van der Waals surface area contributed by atoms with Crippen LogP contribution in [0.15, 0.2) is 261 Å². The van der Waals surface area contributed by atoms with Crippen molar-refractivity contribution >= 4 is 38.6 Å². The fraction of sp³-hybridized carbons (Fsp3) is 0.0159. The quantitative estimate of drug-likeness (QED) is 0.148. The Morgan fingerprint density at radius 1 is 0.266 bits per heavy atom. The van der Waals surface area contributed by atoms with Crippen LogP contribution in [0.4, 0.5) is 17.1 Å². The van der Waals surface area contributed by atoms with Crippen LogP contribution in [0.25, 0.3) is 66.1 Å². The third-order valence-corrected chi connectivity index (χ3v) is 13.4. The lowest BCUT2D eigenvalue weighted by molar-refractivity contribution is 0.768. The van der Waals surface area contributed by atoms with Gasteiger partial charge in [0, 0.05) is 17.1 Å². The first-order valence-electron chi connectivity index (χ1n) is 22.2. The van der Waals surface area contributed by atoms with Gasteiger partial charge in [-0.1, -0.05) is 218 Å². The molecule has 1 aliphatic rings. The Morgan fingerprint density at radius 2 is 0.719 bits per heavy atom. The van der Waals surface area contributed by atoms with Gasteiger partial charge in [0.25, 0.3) is 0 Å². The lowest BCUT2D eigenvalue weighted by Gasteiger charge is -2.34. The lowest BCUT2D eigenvalue weighted by atomic mass is 9.67. The number of hydrogen-bond donors (Lipinski definition) is 0. The maximum absolute atomic E-state index is 2.38. The minimum Gasteiger partial charge on any atom is -0.311 e. The lowest BCUT2D eigenvalue weighted by Crippen LogP contribution is -2.28. The van der Waals surface area contributed by atoms with E-state index in [0.717, 1.165) is 17.1 Å². The molecule has 0 saturated carbocycles. The normalized spacial score (nSPS) is 12.5. The molecule has 1 nitrogen and oxygen atoms in total. The molecule has 1 heteroatoms. The molecule has 64 heavy (non-hydrogen) atoms. The zero-order chi connectivity index (χ0) is 42.5. The molecule has 0 amide bonds. The highest BCUT2D eigenvalue weighted by molar-refractivity contribution is 5.98. The van der Waals surface area contributed by atoms with Crippen molar-refractivity contribution in [3.8, 4) is 44.5 Å². The van der Waals surface area contributed by atoms with E-state index in [2.05, 4.69) is 266 Å². The summed E-state index contributed by atoms with van der Waals surface area (Å²) in [6.45, 7) is 0. The summed E-state index contributed by atoms with van der Waals surface area (Å²) in [5.41, 5.74) is 17.8. The molecule has 0 radical (unpaired) electrons. The molecule has 0 unspecified atom stereocenters. The highest BCUT2D eigenvalue weighted by Crippen LogP contribution is 2.58. The summed E-state index contributed by atoms with van der Waals surface area (Å²) >= 11 is 0. The van der Waals surface area contributed by atoms with Crippen LogP contribution < -0.4 is 4.90 Å². The first-order valence-corrected chi connectivity index (χ1v) is 22.2. The molecule has 0 bridgehead atoms. The Morgan fingerprint density at radius 3 is 1.39 bits per heavy atom. The minimum atomic E-state index is -0.446. The second kappa shape index (κ2) is 15.6. The van der Waals surface area contributed by atoms with E-state index in [1.165, 1.54) is 88.3 Å². The summed E-state index contributed by atoms with van der Waals surface area (Å²) in [7, 11) is 0. The van der Waals surface area contributed by atoms with Gasteiger partial charge in [-0.15, -0.1) is 0 Å². The third kappa shape index (κ3) is 6.16. The molecule has 0 fully saturated rings. The van der Waals surface area contributed by atoms with Crippen molar-refractivity contribution in [1.82, 2.24) is 0 Å². The summed E-state index contributed by atoms with van der Waals surface area (Å²) in [4.78, 5) is 2.38. The molecule has 0 aromatic heterocycles. The van der Waals surface area contributed by atoms with E-state index < -0.39 is 5.41 Å². The average molecular weight is 814 g/mol. The Hall–Kier alpha value is -8.26. The van der Waals surface area contributed by atoms with Crippen molar-refractivity contribution in [3.63, 3.8) is 0 Å². The Kier molecular flexibility index (Phi) is 9.13. The predicted molar refractivity (Wildman–Crippen MR) is 270 cm³/mol. The van der Waals surface area contributed by atoms with Crippen molar-refractivity contribution in [2.75, 3.05) is 4.90 Å². The van der Waals surface area contributed by atoms with Gasteiger partial charge in [0.2, 0.25) is 0 Å². The van der Waals surface area contributed by atoms with E-state index in [9.17, 15) is 0 Å². The monoisotopic (exact) mass is 813 g/mol. The van der Waals surface area contributed by atoms with Gasteiger partial charge in [0.05, 0.1) is 5.41 Å². The molecule has 12 rings (SSSR count). The molecular weight excluding hydrogens is 771 g/mol. The summed E-state index contributed by atoms with van der Waals surface area (Å²) < 4.78 is 0. The largest absolute Gasteiger partial charge is 0.311 e. The van der Waals surface area contributed by atoms with Crippen molar-refractivity contribution in [1.29, 1.82) is 0 Å². The van der Waals surface area contributed by atoms with Gasteiger partial charge in [-0.25, -0.2) is 0 Å². The topological polar surface area (TPSA) is 3.24 Å². The highest BCUT2D eigenvalue weighted by Gasteiger charge is 2.46. The summed E-state index contributed by atoms with van der Waals surface area (Å²) in [6.07, 6.45) is 0. The van der Waals surface area contributed by atoms with Crippen LogP contribution in [0.5, 0.6) is 0 Å². The first-order chi connectivity index (χ1) is 31.7. The molecule has 0 aliphatic heterocycles. The molecule has 300 valence electrons. The van der Waals surface area contributed by atoms with Crippen LogP contribution in [0.2, 0.25) is 0 Å². The van der Waals surface area contributed by atoms with Crippen molar-refractivity contribution in [2.45, 2.75) is 5.41 Å². The predicted octanol–water partition coefficient (Wildman–Crippen LogP) is 16.8. The molecule has 0 spiro atoms. The summed E-state index contributed by atoms with van der Waals surface area (Å²) in [6, 6.07) is 95.7. The zero-order valence-electron chi connectivity index (χ0n) is 35.3. The molecule has 11 aromatic carbocycles. The number of nitrogens with zero attached hydrogens (tertiary/aromatic N) is 1. The molecule has 0 atom stereocenters. The van der Waals surface area contributed by atoms with Crippen LogP contribution in [0.3, 0.4) is 0 Å². The van der Waals surface area contributed by atoms with Crippen molar-refractivity contribution in [2.24, 2.45) is 0 Å². The fourth-order valence-electron chi connectivity index (χ4n) is 10.4. The SMILES string of the molecule is c1ccc(C2(c3ccccc3)c3ccccc3-c3c(-c4ccc(N(c5ccc(-c6ccc7ccccc7c6)cc5)c5ccc(-c6cccc7ccccc67)cc5)cc4)cccc32)cc1. The molecule has 0 saturated heterocycles. The van der Waals surface area contributed by atoms with Gasteiger partial charge in [-0.05, 0) is 131 Å². The van der Waals surface area contributed by atoms with Gasteiger partial charge in [-0.3, -0.25) is 0 Å². The number of anilines is 3. The van der Waals surface area contributed by atoms with Crippen molar-refractivity contribution in [3.05, 3.63) is 283 Å². The van der Waals surface area contributed by atoms with Crippen LogP contribution in [0.1, 0.15) is 22.3 Å². The number of benzene rings is 11. The van der Waals surface area contributed by atoms with E-state index in [1.807, 2.05) is 0 Å². The van der Waals surface area contributed by atoms with Gasteiger partial charge in [-0.2, -0.15) is 0 Å². The molecule has 11 aromatic rings. The third-order valence-electron chi connectivity index (χ3n) is 13.4. The number of rotatable bonds is 8. The number of hydrogen-bond acceptors (Lipinski definition) is 1. The van der Waals surface area contributed by atoms with Gasteiger partial charge in [0.1, 0.15) is 0 Å². The summed E-state index contributed by atoms with van der Waals surface area (Å²) in [5.74, 6) is 0. The van der Waals surface area contributed by atoms with E-state index in [0.29, 0.717) is 0 Å². The van der Waals surface area contributed by atoms with E-state index in [1.54, 1.807) is 0 Å². The zero-order valence-corrected chi connectivity index (χ0v) is 35.3. The maximum Gasteiger partial charge on any atom is 0.0713 e. The molecule has 0 heterocycles. The van der Waals surface area contributed by atoms with Gasteiger partial charge in [0.15, 0.2) is 0 Å². The van der Waals surface area contributed by atoms with Gasteiger partial charge < -0.3 is 4.90 Å². The Labute approximate surface area is 374 Å². The van der Waals surface area contributed by atoms with E-state index in [4.69, 9.17) is 0 Å². The maximum atomic E-state index is 2.38. The highest BCUT2D eigenvalue weighted by atomic mass is 15.1. The van der Waals surface area contributed by atoms with E-state index >= 15 is 0 Å². The standard InChI is InChI=1S/C63H43N/c1-3-19-51(20-4-1)63(52-21-5-2-6-22-52)60-27-12-11-24-59(60)62-58(26-14-28-61(62)63)48-35-41-55(42-36-48)64(53-37-31-45(32-38-53)50-30-29-44-15-7-8-17-49(44)43-50)54-39-33-47(34-40-54)57-25-13-18-46-16-9-10-23-56(46)57/h1-43H. The van der Waals surface area contributed by atoms with Crippen LogP contribution in [-0.4, -0.2) is 0 Å². The van der Waals surface area contributed by atoms with Crippen LogP contribution in [0, 0.1) is 0 Å². The second-order valence-electron chi connectivity index (χ2n) is 16.8. The first kappa shape index (κ1) is 37.5. The smallest absolute Gasteiger partial charge is 0.0713 e. The Bertz CT molecular complexity index is 3420. The molecule has 0 N–H and O–H groups in total. The van der Waals surface area contributed by atoms with E-state index in [-0.39, 0.29) is 0 Å². The molecular formula is C63H43N. The van der Waals surface area contributed by atoms with Crippen molar-refractivity contribution < 1.29 is 0 Å². The Balaban J connectivity index is 0.970. The second-order valence-corrected chi connectivity index (χ2v) is 16.8. The van der Waals surface area contributed by atoms with Crippen LogP contribution in [-0.2, 0) is 5.41 Å². The minimum absolute atomic E-state index is 0.446. The average Bonchev–Trinajstić information content (AvgIpc) is 3.69. The summed E-state index contributed by atoms with van der Waals surface area (Å²) in [5, 5.41) is 5.00. The fourth-order valence-corrected chi connectivity index (χ4v) is 10.4.